The quantitative estimate of drug-likeness (QED) is 0.656. The van der Waals surface area contributed by atoms with Gasteiger partial charge in [0.1, 0.15) is 11.5 Å². The summed E-state index contributed by atoms with van der Waals surface area (Å²) in [6, 6.07) is 9.28. The van der Waals surface area contributed by atoms with Crippen LogP contribution >= 0.6 is 0 Å². The summed E-state index contributed by atoms with van der Waals surface area (Å²) >= 11 is 0. The minimum absolute atomic E-state index is 0.0386. The highest BCUT2D eigenvalue weighted by molar-refractivity contribution is 5.80. The number of carbonyl (C=O) groups is 1. The normalized spacial score (nSPS) is 15.6. The maximum absolute atomic E-state index is 13.2. The van der Waals surface area contributed by atoms with Gasteiger partial charge in [-0.3, -0.25) is 4.79 Å². The molecule has 0 unspecified atom stereocenters. The molecule has 1 amide bonds. The van der Waals surface area contributed by atoms with Gasteiger partial charge in [0.2, 0.25) is 11.7 Å². The molecule has 0 spiro atoms. The summed E-state index contributed by atoms with van der Waals surface area (Å²) in [5, 5.41) is 0. The molecule has 2 aromatic carbocycles. The van der Waals surface area contributed by atoms with Gasteiger partial charge in [0, 0.05) is 12.1 Å². The Hall–Kier alpha value is -3.09. The Morgan fingerprint density at radius 1 is 0.900 bits per heavy atom. The molecule has 1 aliphatic rings. The molecular weight excluding hydrogens is 386 g/mol. The molecule has 2 aromatic rings. The fourth-order valence-electron chi connectivity index (χ4n) is 4.00. The largest absolute Gasteiger partial charge is 0.497 e. The molecule has 0 aromatic heterocycles. The Morgan fingerprint density at radius 2 is 1.57 bits per heavy atom. The van der Waals surface area contributed by atoms with Crippen molar-refractivity contribution in [1.82, 2.24) is 4.90 Å². The van der Waals surface area contributed by atoms with Crippen LogP contribution < -0.4 is 23.7 Å². The Balaban J connectivity index is 1.87. The predicted octanol–water partition coefficient (Wildman–Crippen LogP) is 3.64. The molecule has 0 saturated carbocycles. The van der Waals surface area contributed by atoms with Gasteiger partial charge in [0.25, 0.3) is 0 Å². The molecule has 30 heavy (non-hydrogen) atoms. The van der Waals surface area contributed by atoms with E-state index in [9.17, 15) is 4.79 Å². The molecule has 1 fully saturated rings. The van der Waals surface area contributed by atoms with E-state index in [4.69, 9.17) is 23.7 Å². The fourth-order valence-corrected chi connectivity index (χ4v) is 4.00. The Morgan fingerprint density at radius 3 is 2.13 bits per heavy atom. The number of carbonyl (C=O) groups excluding carboxylic acids is 1. The summed E-state index contributed by atoms with van der Waals surface area (Å²) in [6.07, 6.45) is 2.05. The molecule has 1 saturated heterocycles. The number of methoxy groups -OCH3 is 5. The zero-order valence-electron chi connectivity index (χ0n) is 18.2. The molecule has 1 aliphatic heterocycles. The van der Waals surface area contributed by atoms with Crippen LogP contribution in [0.4, 0.5) is 0 Å². The minimum Gasteiger partial charge on any atom is -0.497 e. The predicted molar refractivity (Wildman–Crippen MR) is 113 cm³/mol. The van der Waals surface area contributed by atoms with E-state index < -0.39 is 0 Å². The molecule has 1 heterocycles. The number of ether oxygens (including phenoxy) is 5. The van der Waals surface area contributed by atoms with Crippen molar-refractivity contribution in [3.63, 3.8) is 0 Å². The molecule has 162 valence electrons. The van der Waals surface area contributed by atoms with Crippen molar-refractivity contribution in [1.29, 1.82) is 0 Å². The highest BCUT2D eigenvalue weighted by atomic mass is 16.5. The zero-order valence-corrected chi connectivity index (χ0v) is 18.2. The van der Waals surface area contributed by atoms with Gasteiger partial charge in [0.15, 0.2) is 11.5 Å². The van der Waals surface area contributed by atoms with E-state index in [0.717, 1.165) is 35.5 Å². The number of hydrogen-bond donors (Lipinski definition) is 0. The minimum atomic E-state index is -0.0513. The van der Waals surface area contributed by atoms with Crippen molar-refractivity contribution in [3.8, 4) is 28.7 Å². The van der Waals surface area contributed by atoms with Crippen molar-refractivity contribution >= 4 is 5.91 Å². The number of amides is 1. The van der Waals surface area contributed by atoms with E-state index >= 15 is 0 Å². The van der Waals surface area contributed by atoms with Gasteiger partial charge >= 0.3 is 0 Å². The second kappa shape index (κ2) is 9.61. The van der Waals surface area contributed by atoms with Crippen LogP contribution in [0.15, 0.2) is 30.3 Å². The average molecular weight is 415 g/mol. The molecule has 7 heteroatoms. The van der Waals surface area contributed by atoms with Gasteiger partial charge in [-0.15, -0.1) is 0 Å². The first-order valence-electron chi connectivity index (χ1n) is 9.86. The van der Waals surface area contributed by atoms with Crippen molar-refractivity contribution in [2.24, 2.45) is 0 Å². The molecule has 0 bridgehead atoms. The van der Waals surface area contributed by atoms with Crippen LogP contribution in [0.25, 0.3) is 0 Å². The summed E-state index contributed by atoms with van der Waals surface area (Å²) in [4.78, 5) is 15.2. The summed E-state index contributed by atoms with van der Waals surface area (Å²) in [6.45, 7) is 0.703. The molecular formula is C23H29NO6. The van der Waals surface area contributed by atoms with E-state index in [1.54, 1.807) is 35.5 Å². The third kappa shape index (κ3) is 4.25. The van der Waals surface area contributed by atoms with E-state index in [2.05, 4.69) is 0 Å². The van der Waals surface area contributed by atoms with Crippen molar-refractivity contribution in [3.05, 3.63) is 41.5 Å². The lowest BCUT2D eigenvalue weighted by Gasteiger charge is -2.27. The first-order valence-corrected chi connectivity index (χ1v) is 9.86. The van der Waals surface area contributed by atoms with E-state index in [0.29, 0.717) is 23.8 Å². The first-order chi connectivity index (χ1) is 14.6. The number of rotatable bonds is 8. The summed E-state index contributed by atoms with van der Waals surface area (Å²) in [7, 11) is 7.96. The highest BCUT2D eigenvalue weighted by Crippen LogP contribution is 2.41. The topological polar surface area (TPSA) is 66.5 Å². The second-order valence-electron chi connectivity index (χ2n) is 7.06. The fraction of sp³-hybridized carbons (Fsp3) is 0.435. The SMILES string of the molecule is COc1ccc(OC)c([C@H]2CCCN2C(=O)Cc2cc(OC)c(OC)c(OC)c2)c1. The zero-order chi connectivity index (χ0) is 21.7. The van der Waals surface area contributed by atoms with Gasteiger partial charge in [-0.25, -0.2) is 0 Å². The maximum Gasteiger partial charge on any atom is 0.227 e. The summed E-state index contributed by atoms with van der Waals surface area (Å²) < 4.78 is 27.1. The number of hydrogen-bond acceptors (Lipinski definition) is 6. The van der Waals surface area contributed by atoms with Crippen LogP contribution in [0.2, 0.25) is 0 Å². The van der Waals surface area contributed by atoms with Gasteiger partial charge < -0.3 is 28.6 Å². The number of likely N-dealkylation sites (tertiary alicyclic amines) is 1. The van der Waals surface area contributed by atoms with E-state index in [-0.39, 0.29) is 18.4 Å². The number of benzene rings is 2. The maximum atomic E-state index is 13.2. The van der Waals surface area contributed by atoms with Gasteiger partial charge in [-0.05, 0) is 48.7 Å². The molecule has 0 N–H and O–H groups in total. The monoisotopic (exact) mass is 415 g/mol. The first kappa shape index (κ1) is 21.6. The Kier molecular flexibility index (Phi) is 6.92. The van der Waals surface area contributed by atoms with Crippen LogP contribution in [0.1, 0.15) is 30.0 Å². The smallest absolute Gasteiger partial charge is 0.227 e. The number of nitrogens with zero attached hydrogens (tertiary/aromatic N) is 1. The third-order valence-corrected chi connectivity index (χ3v) is 5.45. The van der Waals surface area contributed by atoms with Crippen molar-refractivity contribution in [2.45, 2.75) is 25.3 Å². The Bertz CT molecular complexity index is 872. The lowest BCUT2D eigenvalue weighted by molar-refractivity contribution is -0.131. The van der Waals surface area contributed by atoms with Crippen LogP contribution in [-0.4, -0.2) is 52.9 Å². The van der Waals surface area contributed by atoms with Gasteiger partial charge in [-0.1, -0.05) is 0 Å². The van der Waals surface area contributed by atoms with E-state index in [1.807, 2.05) is 35.2 Å². The lowest BCUT2D eigenvalue weighted by Crippen LogP contribution is -2.32. The van der Waals surface area contributed by atoms with Crippen molar-refractivity contribution in [2.75, 3.05) is 42.1 Å². The second-order valence-corrected chi connectivity index (χ2v) is 7.06. The van der Waals surface area contributed by atoms with Gasteiger partial charge in [-0.2, -0.15) is 0 Å². The van der Waals surface area contributed by atoms with Crippen LogP contribution in [0.3, 0.4) is 0 Å². The molecule has 3 rings (SSSR count). The molecule has 7 nitrogen and oxygen atoms in total. The van der Waals surface area contributed by atoms with Crippen LogP contribution in [0.5, 0.6) is 28.7 Å². The van der Waals surface area contributed by atoms with Crippen LogP contribution in [0, 0.1) is 0 Å². The average Bonchev–Trinajstić information content (AvgIpc) is 3.27. The Labute approximate surface area is 177 Å². The lowest BCUT2D eigenvalue weighted by atomic mass is 10.0. The summed E-state index contributed by atoms with van der Waals surface area (Å²) in [5.41, 5.74) is 1.77. The van der Waals surface area contributed by atoms with Crippen LogP contribution in [-0.2, 0) is 11.2 Å². The van der Waals surface area contributed by atoms with Gasteiger partial charge in [0.05, 0.1) is 48.0 Å². The molecule has 0 aliphatic carbocycles. The molecule has 1 atom stereocenters. The van der Waals surface area contributed by atoms with Crippen molar-refractivity contribution < 1.29 is 28.5 Å². The summed E-state index contributed by atoms with van der Waals surface area (Å²) in [5.74, 6) is 3.12. The highest BCUT2D eigenvalue weighted by Gasteiger charge is 2.32. The third-order valence-electron chi connectivity index (χ3n) is 5.45. The van der Waals surface area contributed by atoms with E-state index in [1.165, 1.54) is 0 Å². The standard InChI is InChI=1S/C23H29NO6/c1-26-16-8-9-19(27-2)17(14-16)18-7-6-10-24(18)22(25)13-15-11-20(28-3)23(30-5)21(12-15)29-4/h8-9,11-12,14,18H,6-7,10,13H2,1-5H3/t18-/m1/s1. The molecule has 0 radical (unpaired) electrons.